The molecule has 0 bridgehead atoms. The van der Waals surface area contributed by atoms with Crippen molar-refractivity contribution in [2.24, 2.45) is 0 Å². The van der Waals surface area contributed by atoms with Crippen molar-refractivity contribution < 1.29 is 32.2 Å². The van der Waals surface area contributed by atoms with Gasteiger partial charge in [-0.3, -0.25) is 14.5 Å². The number of carbonyl (C=O) groups excluding carboxylic acids is 2. The third-order valence-corrected chi connectivity index (χ3v) is 7.46. The van der Waals surface area contributed by atoms with Crippen molar-refractivity contribution in [2.45, 2.75) is 50.6 Å². The summed E-state index contributed by atoms with van der Waals surface area (Å²) in [7, 11) is 1.65. The number of anilines is 1. The van der Waals surface area contributed by atoms with Crippen molar-refractivity contribution >= 4 is 17.5 Å². The summed E-state index contributed by atoms with van der Waals surface area (Å²) in [4.78, 5) is 29.8. The van der Waals surface area contributed by atoms with Gasteiger partial charge in [-0.05, 0) is 61.7 Å². The summed E-state index contributed by atoms with van der Waals surface area (Å²) < 4.78 is 50.2. The first kappa shape index (κ1) is 29.7. The standard InChI is InChI=1S/C29H37F3N4O4/c1-3-15-40-26-19-36(23-11-13-35(14-12-23)22-7-9-24(39-2)10-8-22)18-25(26)34-27(37)17-33-28(38)20-5-4-6-21(16-20)29(30,31)32/h4-10,16,23,25-26H,3,11-15,17-19H2,1-2H3,(H,33,38)(H,34,37)/t25-,26?/m1/s1. The van der Waals surface area contributed by atoms with Crippen LogP contribution in [0.4, 0.5) is 18.9 Å². The van der Waals surface area contributed by atoms with Crippen molar-refractivity contribution in [3.8, 4) is 5.75 Å². The van der Waals surface area contributed by atoms with E-state index in [4.69, 9.17) is 9.47 Å². The zero-order valence-electron chi connectivity index (χ0n) is 22.9. The van der Waals surface area contributed by atoms with Crippen LogP contribution in [0.15, 0.2) is 48.5 Å². The molecule has 2 aliphatic rings. The van der Waals surface area contributed by atoms with Gasteiger partial charge in [-0.15, -0.1) is 0 Å². The van der Waals surface area contributed by atoms with Crippen molar-refractivity contribution in [2.75, 3.05) is 51.3 Å². The number of hydrogen-bond donors (Lipinski definition) is 2. The predicted molar refractivity (Wildman–Crippen MR) is 146 cm³/mol. The average Bonchev–Trinajstić information content (AvgIpc) is 3.36. The molecule has 218 valence electrons. The molecule has 2 atom stereocenters. The van der Waals surface area contributed by atoms with E-state index in [0.29, 0.717) is 25.7 Å². The minimum Gasteiger partial charge on any atom is -0.497 e. The number of benzene rings is 2. The molecule has 2 N–H and O–H groups in total. The Morgan fingerprint density at radius 1 is 1.05 bits per heavy atom. The number of nitrogens with zero attached hydrogens (tertiary/aromatic N) is 2. The van der Waals surface area contributed by atoms with Crippen molar-refractivity contribution in [3.05, 3.63) is 59.7 Å². The molecule has 2 aromatic rings. The Bertz CT molecular complexity index is 1140. The largest absolute Gasteiger partial charge is 0.497 e. The van der Waals surface area contributed by atoms with Gasteiger partial charge >= 0.3 is 6.18 Å². The molecule has 2 heterocycles. The lowest BCUT2D eigenvalue weighted by Crippen LogP contribution is -2.48. The molecular formula is C29H37F3N4O4. The summed E-state index contributed by atoms with van der Waals surface area (Å²) in [5.74, 6) is -0.319. The van der Waals surface area contributed by atoms with Crippen LogP contribution >= 0.6 is 0 Å². The lowest BCUT2D eigenvalue weighted by Gasteiger charge is -2.38. The van der Waals surface area contributed by atoms with Crippen LogP contribution in [0.25, 0.3) is 0 Å². The summed E-state index contributed by atoms with van der Waals surface area (Å²) in [6.07, 6.45) is -1.91. The Balaban J connectivity index is 1.29. The van der Waals surface area contributed by atoms with E-state index < -0.39 is 23.6 Å². The summed E-state index contributed by atoms with van der Waals surface area (Å²) in [6.45, 7) is 5.45. The maximum atomic E-state index is 13.0. The molecule has 2 fully saturated rings. The highest BCUT2D eigenvalue weighted by Gasteiger charge is 2.38. The molecule has 0 saturated carbocycles. The Kier molecular flexibility index (Phi) is 9.91. The second kappa shape index (κ2) is 13.4. The molecule has 2 amide bonds. The third kappa shape index (κ3) is 7.66. The highest BCUT2D eigenvalue weighted by atomic mass is 19.4. The fourth-order valence-corrected chi connectivity index (χ4v) is 5.32. The van der Waals surface area contributed by atoms with Crippen LogP contribution in [0.5, 0.6) is 5.75 Å². The fourth-order valence-electron chi connectivity index (χ4n) is 5.32. The van der Waals surface area contributed by atoms with Gasteiger partial charge in [-0.1, -0.05) is 13.0 Å². The lowest BCUT2D eigenvalue weighted by molar-refractivity contribution is -0.137. The molecule has 8 nitrogen and oxygen atoms in total. The van der Waals surface area contributed by atoms with Crippen molar-refractivity contribution in [1.82, 2.24) is 15.5 Å². The summed E-state index contributed by atoms with van der Waals surface area (Å²) in [5, 5.41) is 5.40. The van der Waals surface area contributed by atoms with Gasteiger partial charge < -0.3 is 25.0 Å². The van der Waals surface area contributed by atoms with E-state index in [0.717, 1.165) is 50.2 Å². The van der Waals surface area contributed by atoms with Gasteiger partial charge in [0, 0.05) is 50.1 Å². The second-order valence-electron chi connectivity index (χ2n) is 10.2. The van der Waals surface area contributed by atoms with E-state index >= 15 is 0 Å². The zero-order chi connectivity index (χ0) is 28.7. The van der Waals surface area contributed by atoms with E-state index in [2.05, 4.69) is 32.6 Å². The number of piperidine rings is 1. The van der Waals surface area contributed by atoms with Crippen LogP contribution in [0.3, 0.4) is 0 Å². The van der Waals surface area contributed by atoms with Crippen LogP contribution in [-0.2, 0) is 15.7 Å². The molecule has 0 spiro atoms. The van der Waals surface area contributed by atoms with Gasteiger partial charge in [0.1, 0.15) is 5.75 Å². The van der Waals surface area contributed by atoms with E-state index in [1.165, 1.54) is 17.8 Å². The van der Waals surface area contributed by atoms with Crippen LogP contribution in [-0.4, -0.2) is 81.3 Å². The number of hydrogen-bond acceptors (Lipinski definition) is 6. The normalized spacial score (nSPS) is 20.4. The Labute approximate surface area is 232 Å². The minimum atomic E-state index is -4.55. The maximum absolute atomic E-state index is 13.0. The van der Waals surface area contributed by atoms with Crippen LogP contribution < -0.4 is 20.3 Å². The average molecular weight is 563 g/mol. The van der Waals surface area contributed by atoms with Crippen molar-refractivity contribution in [1.29, 1.82) is 0 Å². The molecule has 11 heteroatoms. The second-order valence-corrected chi connectivity index (χ2v) is 10.2. The SMILES string of the molecule is CCCOC1CN(C2CCN(c3ccc(OC)cc3)CC2)C[C@H]1NC(=O)CNC(=O)c1cccc(C(F)(F)F)c1. The number of rotatable bonds is 10. The minimum absolute atomic E-state index is 0.153. The van der Waals surface area contributed by atoms with E-state index in [9.17, 15) is 22.8 Å². The lowest BCUT2D eigenvalue weighted by atomic mass is 10.0. The van der Waals surface area contributed by atoms with Crippen molar-refractivity contribution in [3.63, 3.8) is 0 Å². The number of alkyl halides is 3. The summed E-state index contributed by atoms with van der Waals surface area (Å²) in [6, 6.07) is 12.3. The Morgan fingerprint density at radius 3 is 2.42 bits per heavy atom. The summed E-state index contributed by atoms with van der Waals surface area (Å²) in [5.41, 5.74) is 0.100. The third-order valence-electron chi connectivity index (χ3n) is 7.46. The van der Waals surface area contributed by atoms with Gasteiger partial charge in [0.05, 0.1) is 31.4 Å². The van der Waals surface area contributed by atoms with E-state index in [1.807, 2.05) is 19.1 Å². The van der Waals surface area contributed by atoms with Crippen LogP contribution in [0.2, 0.25) is 0 Å². The van der Waals surface area contributed by atoms with Crippen LogP contribution in [0, 0.1) is 0 Å². The topological polar surface area (TPSA) is 83.1 Å². The molecule has 2 saturated heterocycles. The molecule has 4 rings (SSSR count). The number of methoxy groups -OCH3 is 1. The smallest absolute Gasteiger partial charge is 0.416 e. The van der Waals surface area contributed by atoms with Crippen LogP contribution in [0.1, 0.15) is 42.1 Å². The predicted octanol–water partition coefficient (Wildman–Crippen LogP) is 3.71. The highest BCUT2D eigenvalue weighted by molar-refractivity contribution is 5.96. The number of amides is 2. The monoisotopic (exact) mass is 562 g/mol. The molecule has 0 aliphatic carbocycles. The molecule has 40 heavy (non-hydrogen) atoms. The zero-order valence-corrected chi connectivity index (χ0v) is 22.9. The first-order chi connectivity index (χ1) is 19.2. The molecule has 1 unspecified atom stereocenters. The van der Waals surface area contributed by atoms with Gasteiger partial charge in [-0.25, -0.2) is 0 Å². The van der Waals surface area contributed by atoms with Gasteiger partial charge in [-0.2, -0.15) is 13.2 Å². The molecule has 0 radical (unpaired) electrons. The molecule has 0 aromatic heterocycles. The molecule has 2 aliphatic heterocycles. The van der Waals surface area contributed by atoms with E-state index in [-0.39, 0.29) is 24.3 Å². The Morgan fingerprint density at radius 2 is 1.77 bits per heavy atom. The highest BCUT2D eigenvalue weighted by Crippen LogP contribution is 2.30. The quantitative estimate of drug-likeness (QED) is 0.460. The number of halogens is 3. The van der Waals surface area contributed by atoms with Gasteiger partial charge in [0.25, 0.3) is 5.91 Å². The fraction of sp³-hybridized carbons (Fsp3) is 0.517. The Hall–Kier alpha value is -3.31. The van der Waals surface area contributed by atoms with Gasteiger partial charge in [0.2, 0.25) is 5.91 Å². The first-order valence-electron chi connectivity index (χ1n) is 13.7. The van der Waals surface area contributed by atoms with E-state index in [1.54, 1.807) is 7.11 Å². The number of likely N-dealkylation sites (tertiary alicyclic amines) is 1. The first-order valence-corrected chi connectivity index (χ1v) is 13.7. The number of ether oxygens (including phenoxy) is 2. The molecule has 2 aromatic carbocycles. The summed E-state index contributed by atoms with van der Waals surface area (Å²) >= 11 is 0. The number of carbonyl (C=O) groups is 2. The number of nitrogens with one attached hydrogen (secondary N) is 2. The maximum Gasteiger partial charge on any atom is 0.416 e. The molecular weight excluding hydrogens is 525 g/mol. The van der Waals surface area contributed by atoms with Gasteiger partial charge in [0.15, 0.2) is 0 Å².